The highest BCUT2D eigenvalue weighted by Gasteiger charge is 2.16. The molecule has 1 aromatic rings. The molecular formula is C14H20N2O2. The van der Waals surface area contributed by atoms with Crippen LogP contribution < -0.4 is 15.8 Å². The van der Waals surface area contributed by atoms with Crippen LogP contribution in [0.3, 0.4) is 0 Å². The van der Waals surface area contributed by atoms with Crippen LogP contribution in [0.1, 0.15) is 32.1 Å². The molecule has 4 heteroatoms. The lowest BCUT2D eigenvalue weighted by atomic mass is 10.2. The van der Waals surface area contributed by atoms with Crippen LogP contribution in [0.4, 0.5) is 5.69 Å². The van der Waals surface area contributed by atoms with E-state index in [1.54, 1.807) is 0 Å². The van der Waals surface area contributed by atoms with Gasteiger partial charge < -0.3 is 15.8 Å². The monoisotopic (exact) mass is 248 g/mol. The Kier molecular flexibility index (Phi) is 4.59. The number of hydrogen-bond acceptors (Lipinski definition) is 3. The van der Waals surface area contributed by atoms with Crippen molar-refractivity contribution in [1.82, 2.24) is 0 Å². The predicted molar refractivity (Wildman–Crippen MR) is 71.6 cm³/mol. The Bertz CT molecular complexity index is 401. The molecule has 2 rings (SSSR count). The summed E-state index contributed by atoms with van der Waals surface area (Å²) in [5.74, 6) is 0.767. The lowest BCUT2D eigenvalue weighted by molar-refractivity contribution is -0.116. The third-order valence-electron chi connectivity index (χ3n) is 3.09. The van der Waals surface area contributed by atoms with E-state index >= 15 is 0 Å². The SMILES string of the molecule is NCCC(=O)Nc1cccc(OC2CCCC2)c1. The molecule has 1 aromatic carbocycles. The fraction of sp³-hybridized carbons (Fsp3) is 0.500. The summed E-state index contributed by atoms with van der Waals surface area (Å²) in [6.07, 6.45) is 5.43. The van der Waals surface area contributed by atoms with Gasteiger partial charge in [-0.15, -0.1) is 0 Å². The van der Waals surface area contributed by atoms with Crippen molar-refractivity contribution >= 4 is 11.6 Å². The second-order valence-electron chi connectivity index (χ2n) is 4.64. The van der Waals surface area contributed by atoms with Crippen molar-refractivity contribution < 1.29 is 9.53 Å². The summed E-state index contributed by atoms with van der Waals surface area (Å²) < 4.78 is 5.88. The zero-order valence-electron chi connectivity index (χ0n) is 10.5. The Hall–Kier alpha value is -1.55. The molecule has 1 amide bonds. The summed E-state index contributed by atoms with van der Waals surface area (Å²) in [5.41, 5.74) is 6.10. The van der Waals surface area contributed by atoms with Crippen molar-refractivity contribution in [2.24, 2.45) is 5.73 Å². The summed E-state index contributed by atoms with van der Waals surface area (Å²) >= 11 is 0. The zero-order valence-corrected chi connectivity index (χ0v) is 10.5. The molecular weight excluding hydrogens is 228 g/mol. The molecule has 3 N–H and O–H groups in total. The fourth-order valence-electron chi connectivity index (χ4n) is 2.20. The van der Waals surface area contributed by atoms with E-state index < -0.39 is 0 Å². The van der Waals surface area contributed by atoms with Crippen LogP contribution in [0.5, 0.6) is 5.75 Å². The minimum absolute atomic E-state index is 0.0597. The Morgan fingerprint density at radius 2 is 2.17 bits per heavy atom. The molecule has 0 spiro atoms. The second-order valence-corrected chi connectivity index (χ2v) is 4.64. The van der Waals surface area contributed by atoms with Crippen molar-refractivity contribution in [3.8, 4) is 5.75 Å². The molecule has 98 valence electrons. The number of nitrogens with two attached hydrogens (primary N) is 1. The summed E-state index contributed by atoms with van der Waals surface area (Å²) in [5, 5.41) is 2.81. The third-order valence-corrected chi connectivity index (χ3v) is 3.09. The maximum absolute atomic E-state index is 11.4. The zero-order chi connectivity index (χ0) is 12.8. The minimum Gasteiger partial charge on any atom is -0.490 e. The van der Waals surface area contributed by atoms with Gasteiger partial charge in [0.25, 0.3) is 0 Å². The van der Waals surface area contributed by atoms with Gasteiger partial charge in [-0.05, 0) is 37.8 Å². The van der Waals surface area contributed by atoms with E-state index in [2.05, 4.69) is 5.32 Å². The maximum atomic E-state index is 11.4. The van der Waals surface area contributed by atoms with E-state index in [1.165, 1.54) is 12.8 Å². The standard InChI is InChI=1S/C14H20N2O2/c15-9-8-14(17)16-11-4-3-7-13(10-11)18-12-5-1-2-6-12/h3-4,7,10,12H,1-2,5-6,8-9,15H2,(H,16,17). The molecule has 18 heavy (non-hydrogen) atoms. The number of benzene rings is 1. The number of nitrogens with one attached hydrogen (secondary N) is 1. The first-order valence-corrected chi connectivity index (χ1v) is 6.54. The maximum Gasteiger partial charge on any atom is 0.225 e. The summed E-state index contributed by atoms with van der Waals surface area (Å²) in [4.78, 5) is 11.4. The molecule has 0 unspecified atom stereocenters. The minimum atomic E-state index is -0.0597. The second kappa shape index (κ2) is 6.40. The average Bonchev–Trinajstić information content (AvgIpc) is 2.82. The van der Waals surface area contributed by atoms with Crippen molar-refractivity contribution in [1.29, 1.82) is 0 Å². The Labute approximate surface area is 108 Å². The lowest BCUT2D eigenvalue weighted by Crippen LogP contribution is -2.16. The van der Waals surface area contributed by atoms with Crippen LogP contribution in [0.15, 0.2) is 24.3 Å². The quantitative estimate of drug-likeness (QED) is 0.840. The normalized spacial score (nSPS) is 15.6. The van der Waals surface area contributed by atoms with Crippen LogP contribution in [0, 0.1) is 0 Å². The van der Waals surface area contributed by atoms with Gasteiger partial charge in [0, 0.05) is 24.7 Å². The summed E-state index contributed by atoms with van der Waals surface area (Å²) in [6.45, 7) is 0.365. The molecule has 0 saturated heterocycles. The average molecular weight is 248 g/mol. The van der Waals surface area contributed by atoms with Crippen LogP contribution in [0.25, 0.3) is 0 Å². The number of rotatable bonds is 5. The first kappa shape index (κ1) is 12.9. The number of anilines is 1. The van der Waals surface area contributed by atoms with E-state index in [-0.39, 0.29) is 5.91 Å². The van der Waals surface area contributed by atoms with Gasteiger partial charge in [0.1, 0.15) is 5.75 Å². The topological polar surface area (TPSA) is 64.4 Å². The highest BCUT2D eigenvalue weighted by atomic mass is 16.5. The summed E-state index contributed by atoms with van der Waals surface area (Å²) in [7, 11) is 0. The van der Waals surface area contributed by atoms with E-state index in [9.17, 15) is 4.79 Å². The number of carbonyl (C=O) groups is 1. The van der Waals surface area contributed by atoms with Gasteiger partial charge >= 0.3 is 0 Å². The van der Waals surface area contributed by atoms with Gasteiger partial charge in [0.05, 0.1) is 6.10 Å². The van der Waals surface area contributed by atoms with Crippen LogP contribution >= 0.6 is 0 Å². The largest absolute Gasteiger partial charge is 0.490 e. The van der Waals surface area contributed by atoms with E-state index in [4.69, 9.17) is 10.5 Å². The van der Waals surface area contributed by atoms with Gasteiger partial charge in [0.15, 0.2) is 0 Å². The number of amides is 1. The van der Waals surface area contributed by atoms with Crippen LogP contribution in [-0.4, -0.2) is 18.6 Å². The van der Waals surface area contributed by atoms with E-state index in [0.717, 1.165) is 24.3 Å². The number of ether oxygens (including phenoxy) is 1. The van der Waals surface area contributed by atoms with Crippen molar-refractivity contribution in [3.63, 3.8) is 0 Å². The first-order chi connectivity index (χ1) is 8.78. The van der Waals surface area contributed by atoms with Gasteiger partial charge in [0.2, 0.25) is 5.91 Å². The number of hydrogen-bond donors (Lipinski definition) is 2. The van der Waals surface area contributed by atoms with Crippen molar-refractivity contribution in [3.05, 3.63) is 24.3 Å². The molecule has 0 bridgehead atoms. The first-order valence-electron chi connectivity index (χ1n) is 6.54. The van der Waals surface area contributed by atoms with E-state index in [0.29, 0.717) is 19.1 Å². The molecule has 0 atom stereocenters. The fourth-order valence-corrected chi connectivity index (χ4v) is 2.20. The van der Waals surface area contributed by atoms with Gasteiger partial charge in [-0.1, -0.05) is 6.07 Å². The molecule has 1 aliphatic carbocycles. The van der Waals surface area contributed by atoms with Gasteiger partial charge in [-0.3, -0.25) is 4.79 Å². The van der Waals surface area contributed by atoms with Crippen LogP contribution in [-0.2, 0) is 4.79 Å². The Morgan fingerprint density at radius 1 is 1.39 bits per heavy atom. The highest BCUT2D eigenvalue weighted by molar-refractivity contribution is 5.90. The van der Waals surface area contributed by atoms with Crippen molar-refractivity contribution in [2.75, 3.05) is 11.9 Å². The molecule has 1 aliphatic rings. The summed E-state index contributed by atoms with van der Waals surface area (Å²) in [6, 6.07) is 7.54. The molecule has 0 aromatic heterocycles. The Balaban J connectivity index is 1.93. The third kappa shape index (κ3) is 3.74. The van der Waals surface area contributed by atoms with E-state index in [1.807, 2.05) is 24.3 Å². The predicted octanol–water partition coefficient (Wildman–Crippen LogP) is 2.30. The molecule has 0 radical (unpaired) electrons. The van der Waals surface area contributed by atoms with Crippen LogP contribution in [0.2, 0.25) is 0 Å². The van der Waals surface area contributed by atoms with Crippen molar-refractivity contribution in [2.45, 2.75) is 38.2 Å². The number of carbonyl (C=O) groups excluding carboxylic acids is 1. The molecule has 4 nitrogen and oxygen atoms in total. The highest BCUT2D eigenvalue weighted by Crippen LogP contribution is 2.25. The molecule has 0 heterocycles. The Morgan fingerprint density at radius 3 is 2.89 bits per heavy atom. The van der Waals surface area contributed by atoms with Gasteiger partial charge in [-0.25, -0.2) is 0 Å². The molecule has 1 saturated carbocycles. The molecule has 0 aliphatic heterocycles. The smallest absolute Gasteiger partial charge is 0.225 e. The van der Waals surface area contributed by atoms with Gasteiger partial charge in [-0.2, -0.15) is 0 Å². The molecule has 1 fully saturated rings. The lowest BCUT2D eigenvalue weighted by Gasteiger charge is -2.14.